The third-order valence-electron chi connectivity index (χ3n) is 2.46. The van der Waals surface area contributed by atoms with Gasteiger partial charge in [0, 0.05) is 22.7 Å². The quantitative estimate of drug-likeness (QED) is 0.536. The molecule has 0 fully saturated rings. The van der Waals surface area contributed by atoms with Gasteiger partial charge < -0.3 is 4.74 Å². The van der Waals surface area contributed by atoms with Crippen LogP contribution < -0.4 is 4.74 Å². The Morgan fingerprint density at radius 2 is 2.11 bits per heavy atom. The van der Waals surface area contributed by atoms with Crippen molar-refractivity contribution in [3.63, 3.8) is 0 Å². The molecule has 0 aliphatic rings. The molecule has 3 nitrogen and oxygen atoms in total. The van der Waals surface area contributed by atoms with Crippen molar-refractivity contribution in [2.75, 3.05) is 12.4 Å². The smallest absolute Gasteiger partial charge is 0.232 e. The fourth-order valence-corrected chi connectivity index (χ4v) is 3.51. The molecule has 0 radical (unpaired) electrons. The second-order valence-electron chi connectivity index (χ2n) is 3.99. The van der Waals surface area contributed by atoms with E-state index in [1.54, 1.807) is 0 Å². The Balaban J connectivity index is 2.73. The Labute approximate surface area is 129 Å². The van der Waals surface area contributed by atoms with Crippen molar-refractivity contribution in [3.05, 3.63) is 27.4 Å². The van der Waals surface area contributed by atoms with Crippen LogP contribution in [-0.2, 0) is 9.05 Å². The van der Waals surface area contributed by atoms with Crippen LogP contribution in [0.1, 0.15) is 13.3 Å². The zero-order valence-electron chi connectivity index (χ0n) is 10.00. The summed E-state index contributed by atoms with van der Waals surface area (Å²) in [7, 11) is 1.60. The van der Waals surface area contributed by atoms with Crippen LogP contribution in [0.15, 0.2) is 16.6 Å². The number of ether oxygens (including phenoxy) is 1. The Kier molecular flexibility index (Phi) is 6.36. The first-order valence-electron chi connectivity index (χ1n) is 5.42. The predicted octanol–water partition coefficient (Wildman–Crippen LogP) is 4.22. The summed E-state index contributed by atoms with van der Waals surface area (Å²) < 4.78 is 40.9. The molecule has 8 heteroatoms. The molecule has 0 saturated carbocycles. The molecular weight excluding hydrogens is 382 g/mol. The van der Waals surface area contributed by atoms with Gasteiger partial charge in [-0.3, -0.25) is 0 Å². The monoisotopic (exact) mass is 392 g/mol. The van der Waals surface area contributed by atoms with Crippen molar-refractivity contribution in [3.8, 4) is 5.75 Å². The van der Waals surface area contributed by atoms with Gasteiger partial charge in [-0.05, 0) is 28.4 Å². The lowest BCUT2D eigenvalue weighted by Gasteiger charge is -2.15. The van der Waals surface area contributed by atoms with E-state index in [2.05, 4.69) is 15.9 Å². The predicted molar refractivity (Wildman–Crippen MR) is 78.0 cm³/mol. The molecule has 0 spiro atoms. The molecule has 1 atom stereocenters. The second kappa shape index (κ2) is 7.11. The summed E-state index contributed by atoms with van der Waals surface area (Å²) in [6.07, 6.45) is 0.572. The van der Waals surface area contributed by atoms with Crippen LogP contribution in [0.4, 0.5) is 4.39 Å². The maximum Gasteiger partial charge on any atom is 0.232 e. The van der Waals surface area contributed by atoms with Crippen LogP contribution in [0.25, 0.3) is 0 Å². The minimum atomic E-state index is -3.59. The molecule has 0 aliphatic heterocycles. The maximum atomic E-state index is 13.3. The maximum absolute atomic E-state index is 13.3. The molecule has 0 amide bonds. The Hall–Kier alpha value is -0.0400. The molecule has 0 saturated heterocycles. The highest BCUT2D eigenvalue weighted by atomic mass is 79.9. The van der Waals surface area contributed by atoms with E-state index in [4.69, 9.17) is 27.0 Å². The Morgan fingerprint density at radius 3 is 2.63 bits per heavy atom. The first-order chi connectivity index (χ1) is 8.73. The fourth-order valence-electron chi connectivity index (χ4n) is 1.39. The molecular formula is C11H12BrCl2FO3S. The molecule has 19 heavy (non-hydrogen) atoms. The van der Waals surface area contributed by atoms with Gasteiger partial charge in [-0.25, -0.2) is 12.8 Å². The van der Waals surface area contributed by atoms with Crippen molar-refractivity contribution in [1.82, 2.24) is 0 Å². The van der Waals surface area contributed by atoms with Gasteiger partial charge in [0.05, 0.1) is 21.9 Å². The number of hydrogen-bond acceptors (Lipinski definition) is 3. The van der Waals surface area contributed by atoms with Crippen LogP contribution in [0.3, 0.4) is 0 Å². The molecule has 1 unspecified atom stereocenters. The van der Waals surface area contributed by atoms with Crippen molar-refractivity contribution in [2.45, 2.75) is 13.3 Å². The summed E-state index contributed by atoms with van der Waals surface area (Å²) in [6.45, 7) is 1.92. The van der Waals surface area contributed by atoms with Gasteiger partial charge in [-0.2, -0.15) is 0 Å². The van der Waals surface area contributed by atoms with Crippen LogP contribution in [-0.4, -0.2) is 20.8 Å². The van der Waals surface area contributed by atoms with Crippen LogP contribution in [0.2, 0.25) is 5.02 Å². The average Bonchev–Trinajstić information content (AvgIpc) is 2.28. The van der Waals surface area contributed by atoms with Gasteiger partial charge in [0.25, 0.3) is 0 Å². The molecule has 1 aromatic rings. The van der Waals surface area contributed by atoms with E-state index in [1.807, 2.05) is 6.92 Å². The van der Waals surface area contributed by atoms with Gasteiger partial charge in [0.1, 0.15) is 11.6 Å². The largest absolute Gasteiger partial charge is 0.492 e. The van der Waals surface area contributed by atoms with Gasteiger partial charge in [-0.15, -0.1) is 0 Å². The summed E-state index contributed by atoms with van der Waals surface area (Å²) in [4.78, 5) is 0. The van der Waals surface area contributed by atoms with E-state index in [0.29, 0.717) is 6.42 Å². The number of rotatable bonds is 6. The summed E-state index contributed by atoms with van der Waals surface area (Å²) in [5.74, 6) is -0.794. The molecule has 1 aromatic carbocycles. The highest BCUT2D eigenvalue weighted by molar-refractivity contribution is 9.10. The van der Waals surface area contributed by atoms with Gasteiger partial charge >= 0.3 is 0 Å². The molecule has 108 valence electrons. The van der Waals surface area contributed by atoms with E-state index in [9.17, 15) is 12.8 Å². The minimum Gasteiger partial charge on any atom is -0.492 e. The highest BCUT2D eigenvalue weighted by Gasteiger charge is 2.17. The Morgan fingerprint density at radius 1 is 1.47 bits per heavy atom. The van der Waals surface area contributed by atoms with Crippen LogP contribution in [0.5, 0.6) is 5.75 Å². The summed E-state index contributed by atoms with van der Waals surface area (Å²) in [5, 5.41) is 0.247. The average molecular weight is 394 g/mol. The molecule has 0 bridgehead atoms. The normalized spacial score (nSPS) is 13.3. The minimum absolute atomic E-state index is 0.100. The van der Waals surface area contributed by atoms with Crippen LogP contribution in [0, 0.1) is 11.7 Å². The first kappa shape index (κ1) is 17.0. The third-order valence-corrected chi connectivity index (χ3v) is 4.61. The summed E-state index contributed by atoms with van der Waals surface area (Å²) in [5.41, 5.74) is 0. The third kappa shape index (κ3) is 5.85. The standard InChI is InChI=1S/C11H12BrCl2FO3S/c1-2-7(6-19(14,16)17)5-18-11-4-10(15)8(12)3-9(11)13/h3-4,7H,2,5-6H2,1H3. The van der Waals surface area contributed by atoms with Gasteiger partial charge in [-0.1, -0.05) is 18.5 Å². The van der Waals surface area contributed by atoms with Crippen molar-refractivity contribution >= 4 is 47.3 Å². The van der Waals surface area contributed by atoms with Crippen LogP contribution >= 0.6 is 38.2 Å². The number of hydrogen-bond donors (Lipinski definition) is 0. The van der Waals surface area contributed by atoms with E-state index in [1.165, 1.54) is 6.07 Å². The lowest BCUT2D eigenvalue weighted by atomic mass is 10.1. The SMILES string of the molecule is CCC(COc1cc(F)c(Br)cc1Cl)CS(=O)(=O)Cl. The second-order valence-corrected chi connectivity index (χ2v) is 8.07. The van der Waals surface area contributed by atoms with E-state index in [0.717, 1.165) is 6.07 Å². The van der Waals surface area contributed by atoms with Crippen molar-refractivity contribution in [1.29, 1.82) is 0 Å². The highest BCUT2D eigenvalue weighted by Crippen LogP contribution is 2.30. The lowest BCUT2D eigenvalue weighted by Crippen LogP contribution is -2.19. The Bertz CT molecular complexity index is 551. The van der Waals surface area contributed by atoms with Gasteiger partial charge in [0.2, 0.25) is 9.05 Å². The summed E-state index contributed by atoms with van der Waals surface area (Å²) in [6, 6.07) is 2.53. The molecule has 0 aliphatic carbocycles. The van der Waals surface area contributed by atoms with E-state index in [-0.39, 0.29) is 33.5 Å². The topological polar surface area (TPSA) is 43.4 Å². The summed E-state index contributed by atoms with van der Waals surface area (Å²) >= 11 is 8.90. The number of benzene rings is 1. The first-order valence-corrected chi connectivity index (χ1v) is 9.07. The lowest BCUT2D eigenvalue weighted by molar-refractivity contribution is 0.257. The van der Waals surface area contributed by atoms with E-state index < -0.39 is 14.9 Å². The fraction of sp³-hybridized carbons (Fsp3) is 0.455. The molecule has 0 aromatic heterocycles. The molecule has 0 N–H and O–H groups in total. The van der Waals surface area contributed by atoms with Crippen molar-refractivity contribution < 1.29 is 17.5 Å². The molecule has 0 heterocycles. The van der Waals surface area contributed by atoms with Crippen molar-refractivity contribution in [2.24, 2.45) is 5.92 Å². The zero-order valence-corrected chi connectivity index (χ0v) is 13.9. The van der Waals surface area contributed by atoms with Gasteiger partial charge in [0.15, 0.2) is 0 Å². The zero-order chi connectivity index (χ0) is 14.6. The molecule has 1 rings (SSSR count). The van der Waals surface area contributed by atoms with E-state index >= 15 is 0 Å². The number of halogens is 4.